The molecule has 0 aromatic heterocycles. The first-order chi connectivity index (χ1) is 5.15. The van der Waals surface area contributed by atoms with E-state index in [-0.39, 0.29) is 5.97 Å². The molecule has 1 aliphatic rings. The molecule has 3 heteroatoms. The molecule has 2 unspecified atom stereocenters. The molecule has 0 spiro atoms. The summed E-state index contributed by atoms with van der Waals surface area (Å²) in [5.74, 6) is 0.133. The third-order valence-electron chi connectivity index (χ3n) is 1.97. The number of allylic oxidation sites excluding steroid dienone is 1. The van der Waals surface area contributed by atoms with E-state index in [0.717, 1.165) is 6.42 Å². The van der Waals surface area contributed by atoms with Gasteiger partial charge in [0.15, 0.2) is 0 Å². The molecule has 2 N–H and O–H groups in total. The largest absolute Gasteiger partial charge is 0.468 e. The summed E-state index contributed by atoms with van der Waals surface area (Å²) in [5, 5.41) is 0. The van der Waals surface area contributed by atoms with Gasteiger partial charge in [0.25, 0.3) is 0 Å². The van der Waals surface area contributed by atoms with E-state index in [0.29, 0.717) is 12.3 Å². The normalized spacial score (nSPS) is 24.5. The summed E-state index contributed by atoms with van der Waals surface area (Å²) < 4.78 is 4.48. The second-order valence-electron chi connectivity index (χ2n) is 2.92. The Hall–Kier alpha value is -0.830. The van der Waals surface area contributed by atoms with Crippen LogP contribution in [0.2, 0.25) is 0 Å². The van der Waals surface area contributed by atoms with E-state index >= 15 is 0 Å². The third kappa shape index (κ3) is 2.05. The first-order valence-corrected chi connectivity index (χ1v) is 3.66. The molecule has 0 aliphatic heterocycles. The summed E-state index contributed by atoms with van der Waals surface area (Å²) in [6, 6.07) is -0.468. The minimum absolute atomic E-state index is 0.329. The average molecular weight is 155 g/mol. The van der Waals surface area contributed by atoms with Crippen LogP contribution in [0.1, 0.15) is 12.8 Å². The van der Waals surface area contributed by atoms with Gasteiger partial charge in [-0.1, -0.05) is 12.2 Å². The van der Waals surface area contributed by atoms with Crippen molar-refractivity contribution >= 4 is 5.97 Å². The first kappa shape index (κ1) is 8.27. The van der Waals surface area contributed by atoms with Gasteiger partial charge in [-0.25, -0.2) is 0 Å². The van der Waals surface area contributed by atoms with E-state index in [1.807, 2.05) is 0 Å². The maximum Gasteiger partial charge on any atom is 0.322 e. The number of rotatable bonds is 3. The van der Waals surface area contributed by atoms with E-state index in [2.05, 4.69) is 11.3 Å². The highest BCUT2D eigenvalue weighted by atomic mass is 16.5. The fourth-order valence-corrected chi connectivity index (χ4v) is 1.06. The minimum Gasteiger partial charge on any atom is -0.468 e. The highest BCUT2D eigenvalue weighted by molar-refractivity contribution is 5.75. The van der Waals surface area contributed by atoms with Gasteiger partial charge in [-0.05, 0) is 18.8 Å². The summed E-state index contributed by atoms with van der Waals surface area (Å²) in [5.41, 5.74) is 6.71. The Morgan fingerprint density at radius 3 is 2.91 bits per heavy atom. The Bertz CT molecular complexity index is 189. The first-order valence-electron chi connectivity index (χ1n) is 3.66. The van der Waals surface area contributed by atoms with Crippen LogP contribution in [0.5, 0.6) is 0 Å². The van der Waals surface area contributed by atoms with Crippen LogP contribution in [0.3, 0.4) is 0 Å². The van der Waals surface area contributed by atoms with Crippen LogP contribution < -0.4 is 5.73 Å². The number of hydrogen-bond acceptors (Lipinski definition) is 3. The van der Waals surface area contributed by atoms with E-state index in [4.69, 9.17) is 5.73 Å². The van der Waals surface area contributed by atoms with Crippen molar-refractivity contribution in [3.8, 4) is 0 Å². The standard InChI is InChI=1S/C8H13NO2/c1-5-3-6(5)4-7(9)8(10)11-2/h6-7H,1,3-4,9H2,2H3. The number of carbonyl (C=O) groups is 1. The van der Waals surface area contributed by atoms with Gasteiger partial charge in [0.2, 0.25) is 0 Å². The van der Waals surface area contributed by atoms with Gasteiger partial charge in [0.1, 0.15) is 6.04 Å². The second-order valence-corrected chi connectivity index (χ2v) is 2.92. The Labute approximate surface area is 66.2 Å². The van der Waals surface area contributed by atoms with E-state index in [9.17, 15) is 4.79 Å². The lowest BCUT2D eigenvalue weighted by atomic mass is 10.1. The van der Waals surface area contributed by atoms with E-state index in [1.54, 1.807) is 0 Å². The van der Waals surface area contributed by atoms with Crippen LogP contribution in [-0.2, 0) is 9.53 Å². The highest BCUT2D eigenvalue weighted by Gasteiger charge is 2.31. The van der Waals surface area contributed by atoms with Crippen molar-refractivity contribution in [3.05, 3.63) is 12.2 Å². The smallest absolute Gasteiger partial charge is 0.322 e. The topological polar surface area (TPSA) is 52.3 Å². The predicted molar refractivity (Wildman–Crippen MR) is 41.9 cm³/mol. The summed E-state index contributed by atoms with van der Waals surface area (Å²) >= 11 is 0. The van der Waals surface area contributed by atoms with Gasteiger partial charge < -0.3 is 10.5 Å². The van der Waals surface area contributed by atoms with Crippen molar-refractivity contribution in [3.63, 3.8) is 0 Å². The Morgan fingerprint density at radius 1 is 2.00 bits per heavy atom. The lowest BCUT2D eigenvalue weighted by Crippen LogP contribution is -2.31. The molecular weight excluding hydrogens is 142 g/mol. The zero-order valence-electron chi connectivity index (χ0n) is 6.67. The maximum atomic E-state index is 10.8. The van der Waals surface area contributed by atoms with Gasteiger partial charge in [-0.3, -0.25) is 4.79 Å². The van der Waals surface area contributed by atoms with Crippen molar-refractivity contribution in [2.45, 2.75) is 18.9 Å². The van der Waals surface area contributed by atoms with Crippen LogP contribution in [0.25, 0.3) is 0 Å². The Morgan fingerprint density at radius 2 is 2.55 bits per heavy atom. The molecule has 0 heterocycles. The molecule has 1 rings (SSSR count). The zero-order valence-corrected chi connectivity index (χ0v) is 6.67. The molecule has 0 amide bonds. The number of esters is 1. The molecule has 0 aromatic rings. The van der Waals surface area contributed by atoms with Crippen LogP contribution >= 0.6 is 0 Å². The molecule has 0 aromatic carbocycles. The molecule has 0 radical (unpaired) electrons. The van der Waals surface area contributed by atoms with Crippen LogP contribution in [-0.4, -0.2) is 19.1 Å². The Balaban J connectivity index is 2.26. The number of methoxy groups -OCH3 is 1. The minimum atomic E-state index is -0.468. The summed E-state index contributed by atoms with van der Waals surface area (Å²) in [4.78, 5) is 10.8. The summed E-state index contributed by atoms with van der Waals surface area (Å²) in [6.07, 6.45) is 1.70. The zero-order chi connectivity index (χ0) is 8.43. The van der Waals surface area contributed by atoms with Crippen molar-refractivity contribution in [1.82, 2.24) is 0 Å². The number of nitrogens with two attached hydrogens (primary N) is 1. The fraction of sp³-hybridized carbons (Fsp3) is 0.625. The molecule has 2 atom stereocenters. The van der Waals surface area contributed by atoms with Gasteiger partial charge in [-0.2, -0.15) is 0 Å². The van der Waals surface area contributed by atoms with Crippen LogP contribution in [0, 0.1) is 5.92 Å². The molecule has 11 heavy (non-hydrogen) atoms. The van der Waals surface area contributed by atoms with Crippen molar-refractivity contribution < 1.29 is 9.53 Å². The molecule has 3 nitrogen and oxygen atoms in total. The van der Waals surface area contributed by atoms with E-state index in [1.165, 1.54) is 12.7 Å². The summed E-state index contributed by atoms with van der Waals surface area (Å²) in [7, 11) is 1.35. The van der Waals surface area contributed by atoms with Gasteiger partial charge in [0.05, 0.1) is 7.11 Å². The third-order valence-corrected chi connectivity index (χ3v) is 1.97. The highest BCUT2D eigenvalue weighted by Crippen LogP contribution is 2.39. The number of carbonyl (C=O) groups excluding carboxylic acids is 1. The van der Waals surface area contributed by atoms with E-state index < -0.39 is 6.04 Å². The monoisotopic (exact) mass is 155 g/mol. The molecule has 62 valence electrons. The lowest BCUT2D eigenvalue weighted by molar-refractivity contribution is -0.142. The summed E-state index contributed by atoms with van der Waals surface area (Å²) in [6.45, 7) is 3.78. The van der Waals surface area contributed by atoms with Crippen molar-refractivity contribution in [2.75, 3.05) is 7.11 Å². The van der Waals surface area contributed by atoms with Gasteiger partial charge in [0, 0.05) is 0 Å². The predicted octanol–water partition coefficient (Wildman–Crippen LogP) is 0.453. The SMILES string of the molecule is C=C1CC1CC(N)C(=O)OC. The maximum absolute atomic E-state index is 10.8. The molecule has 1 aliphatic carbocycles. The number of hydrogen-bond donors (Lipinski definition) is 1. The molecule has 0 saturated heterocycles. The fourth-order valence-electron chi connectivity index (χ4n) is 1.06. The second kappa shape index (κ2) is 3.05. The molecule has 1 fully saturated rings. The number of ether oxygens (including phenoxy) is 1. The van der Waals surface area contributed by atoms with Gasteiger partial charge in [-0.15, -0.1) is 0 Å². The average Bonchev–Trinajstić information content (AvgIpc) is 2.65. The van der Waals surface area contributed by atoms with Crippen LogP contribution in [0.4, 0.5) is 0 Å². The molecule has 1 saturated carbocycles. The lowest BCUT2D eigenvalue weighted by Gasteiger charge is -2.06. The van der Waals surface area contributed by atoms with Crippen molar-refractivity contribution in [2.24, 2.45) is 11.7 Å². The van der Waals surface area contributed by atoms with Gasteiger partial charge >= 0.3 is 5.97 Å². The quantitative estimate of drug-likeness (QED) is 0.475. The van der Waals surface area contributed by atoms with Crippen molar-refractivity contribution in [1.29, 1.82) is 0 Å². The molecule has 0 bridgehead atoms. The molecular formula is C8H13NO2. The Kier molecular flexibility index (Phi) is 2.29. The van der Waals surface area contributed by atoms with Crippen LogP contribution in [0.15, 0.2) is 12.2 Å².